The highest BCUT2D eigenvalue weighted by Gasteiger charge is 2.21. The maximum Gasteiger partial charge on any atom is 0.169 e. The van der Waals surface area contributed by atoms with Gasteiger partial charge in [-0.1, -0.05) is 0 Å². The largest absolute Gasteiger partial charge is 0.354 e. The molecule has 1 aliphatic rings. The summed E-state index contributed by atoms with van der Waals surface area (Å²) in [6, 6.07) is 3.85. The fraction of sp³-hybridized carbons (Fsp3) is 0.545. The summed E-state index contributed by atoms with van der Waals surface area (Å²) in [6.07, 6.45) is 3.81. The first-order valence-corrected chi connectivity index (χ1v) is 5.52. The zero-order valence-electron chi connectivity index (χ0n) is 9.13. The SMILES string of the molecule is N#Cc1ccnnc1N1CCCC(CN)C1. The maximum atomic E-state index is 9.00. The molecule has 1 unspecified atom stereocenters. The Bertz CT molecular complexity index is 398. The molecule has 0 radical (unpaired) electrons. The van der Waals surface area contributed by atoms with Gasteiger partial charge in [0.25, 0.3) is 0 Å². The first-order valence-electron chi connectivity index (χ1n) is 5.52. The van der Waals surface area contributed by atoms with Gasteiger partial charge in [0.2, 0.25) is 0 Å². The lowest BCUT2D eigenvalue weighted by molar-refractivity contribution is 0.421. The lowest BCUT2D eigenvalue weighted by atomic mass is 9.98. The second-order valence-corrected chi connectivity index (χ2v) is 4.07. The van der Waals surface area contributed by atoms with Gasteiger partial charge in [0.05, 0.1) is 11.8 Å². The summed E-state index contributed by atoms with van der Waals surface area (Å²) in [5.41, 5.74) is 6.28. The van der Waals surface area contributed by atoms with E-state index in [0.29, 0.717) is 23.8 Å². The van der Waals surface area contributed by atoms with Crippen molar-refractivity contribution in [2.24, 2.45) is 11.7 Å². The molecule has 1 fully saturated rings. The van der Waals surface area contributed by atoms with E-state index in [1.54, 1.807) is 12.3 Å². The van der Waals surface area contributed by atoms with Crippen LogP contribution in [-0.2, 0) is 0 Å². The van der Waals surface area contributed by atoms with Crippen molar-refractivity contribution in [2.75, 3.05) is 24.5 Å². The van der Waals surface area contributed by atoms with Crippen LogP contribution in [-0.4, -0.2) is 29.8 Å². The number of hydrogen-bond acceptors (Lipinski definition) is 5. The van der Waals surface area contributed by atoms with Crippen molar-refractivity contribution >= 4 is 5.82 Å². The first-order chi connectivity index (χ1) is 7.85. The van der Waals surface area contributed by atoms with Crippen LogP contribution in [0, 0.1) is 17.2 Å². The maximum absolute atomic E-state index is 9.00. The quantitative estimate of drug-likeness (QED) is 0.781. The predicted molar refractivity (Wildman–Crippen MR) is 60.7 cm³/mol. The molecule has 0 saturated carbocycles. The van der Waals surface area contributed by atoms with Crippen molar-refractivity contribution in [3.8, 4) is 6.07 Å². The summed E-state index contributed by atoms with van der Waals surface area (Å²) in [4.78, 5) is 2.12. The van der Waals surface area contributed by atoms with E-state index in [1.165, 1.54) is 0 Å². The standard InChI is InChI=1S/C11H15N5/c12-6-9-2-1-5-16(8-9)11-10(7-13)3-4-14-15-11/h3-4,9H,1-2,5-6,8,12H2. The van der Waals surface area contributed by atoms with Gasteiger partial charge in [0.1, 0.15) is 6.07 Å². The highest BCUT2D eigenvalue weighted by atomic mass is 15.3. The lowest BCUT2D eigenvalue weighted by Gasteiger charge is -2.32. The molecule has 1 aromatic rings. The molecule has 84 valence electrons. The van der Waals surface area contributed by atoms with Gasteiger partial charge in [-0.3, -0.25) is 0 Å². The second-order valence-electron chi connectivity index (χ2n) is 4.07. The molecule has 2 heterocycles. The molecule has 1 saturated heterocycles. The number of aromatic nitrogens is 2. The van der Waals surface area contributed by atoms with Crippen LogP contribution in [0.5, 0.6) is 0 Å². The van der Waals surface area contributed by atoms with Gasteiger partial charge in [-0.2, -0.15) is 10.4 Å². The molecule has 5 nitrogen and oxygen atoms in total. The van der Waals surface area contributed by atoms with Crippen LogP contribution in [0.25, 0.3) is 0 Å². The van der Waals surface area contributed by atoms with Gasteiger partial charge in [0.15, 0.2) is 5.82 Å². The normalized spacial score (nSPS) is 20.5. The van der Waals surface area contributed by atoms with E-state index >= 15 is 0 Å². The van der Waals surface area contributed by atoms with E-state index in [4.69, 9.17) is 11.0 Å². The van der Waals surface area contributed by atoms with Crippen LogP contribution in [0.15, 0.2) is 12.3 Å². The minimum atomic E-state index is 0.502. The monoisotopic (exact) mass is 217 g/mol. The molecule has 0 aliphatic carbocycles. The summed E-state index contributed by atoms with van der Waals surface area (Å²) in [5, 5.41) is 16.9. The molecule has 0 aromatic carbocycles. The third-order valence-electron chi connectivity index (χ3n) is 2.97. The summed E-state index contributed by atoms with van der Waals surface area (Å²) in [6.45, 7) is 2.51. The number of nitrogens with two attached hydrogens (primary N) is 1. The van der Waals surface area contributed by atoms with Crippen molar-refractivity contribution in [3.05, 3.63) is 17.8 Å². The van der Waals surface area contributed by atoms with Crippen LogP contribution in [0.1, 0.15) is 18.4 Å². The minimum Gasteiger partial charge on any atom is -0.354 e. The molecule has 16 heavy (non-hydrogen) atoms. The second kappa shape index (κ2) is 4.90. The molecule has 5 heteroatoms. The van der Waals surface area contributed by atoms with Gasteiger partial charge in [-0.05, 0) is 31.4 Å². The number of nitriles is 1. The Morgan fingerprint density at radius 2 is 2.50 bits per heavy atom. The molecule has 0 spiro atoms. The Kier molecular flexibility index (Phi) is 3.32. The molecule has 2 N–H and O–H groups in total. The average Bonchev–Trinajstić information content (AvgIpc) is 2.38. The smallest absolute Gasteiger partial charge is 0.169 e. The van der Waals surface area contributed by atoms with Crippen LogP contribution in [0.3, 0.4) is 0 Å². The highest BCUT2D eigenvalue weighted by molar-refractivity contribution is 5.52. The number of hydrogen-bond donors (Lipinski definition) is 1. The van der Waals surface area contributed by atoms with Crippen LogP contribution in [0.2, 0.25) is 0 Å². The molecule has 2 rings (SSSR count). The Balaban J connectivity index is 2.20. The van der Waals surface area contributed by atoms with E-state index < -0.39 is 0 Å². The first kappa shape index (κ1) is 10.8. The number of rotatable bonds is 2. The highest BCUT2D eigenvalue weighted by Crippen LogP contribution is 2.22. The van der Waals surface area contributed by atoms with Gasteiger partial charge >= 0.3 is 0 Å². The predicted octanol–water partition coefficient (Wildman–Crippen LogP) is 0.523. The molecular formula is C11H15N5. The minimum absolute atomic E-state index is 0.502. The van der Waals surface area contributed by atoms with Crippen LogP contribution in [0.4, 0.5) is 5.82 Å². The summed E-state index contributed by atoms with van der Waals surface area (Å²) in [7, 11) is 0. The zero-order chi connectivity index (χ0) is 11.4. The Labute approximate surface area is 94.9 Å². The topological polar surface area (TPSA) is 78.8 Å². The van der Waals surface area contributed by atoms with Crippen molar-refractivity contribution in [2.45, 2.75) is 12.8 Å². The molecule has 0 bridgehead atoms. The lowest BCUT2D eigenvalue weighted by Crippen LogP contribution is -2.39. The molecule has 1 aromatic heterocycles. The fourth-order valence-electron chi connectivity index (χ4n) is 2.09. The summed E-state index contributed by atoms with van der Waals surface area (Å²) < 4.78 is 0. The van der Waals surface area contributed by atoms with E-state index in [0.717, 1.165) is 25.9 Å². The van der Waals surface area contributed by atoms with Gasteiger partial charge < -0.3 is 10.6 Å². The Morgan fingerprint density at radius 1 is 1.62 bits per heavy atom. The van der Waals surface area contributed by atoms with E-state index in [9.17, 15) is 0 Å². The number of nitrogens with zero attached hydrogens (tertiary/aromatic N) is 4. The third-order valence-corrected chi connectivity index (χ3v) is 2.97. The average molecular weight is 217 g/mol. The Morgan fingerprint density at radius 3 is 3.25 bits per heavy atom. The van der Waals surface area contributed by atoms with E-state index in [2.05, 4.69) is 21.2 Å². The van der Waals surface area contributed by atoms with E-state index in [1.807, 2.05) is 0 Å². The van der Waals surface area contributed by atoms with Crippen LogP contribution >= 0.6 is 0 Å². The molecule has 0 amide bonds. The zero-order valence-corrected chi connectivity index (χ0v) is 9.13. The van der Waals surface area contributed by atoms with Crippen molar-refractivity contribution in [3.63, 3.8) is 0 Å². The van der Waals surface area contributed by atoms with Crippen molar-refractivity contribution in [1.29, 1.82) is 5.26 Å². The molecule has 1 aliphatic heterocycles. The van der Waals surface area contributed by atoms with Gasteiger partial charge in [-0.15, -0.1) is 5.10 Å². The van der Waals surface area contributed by atoms with Gasteiger partial charge in [0, 0.05) is 13.1 Å². The molecule has 1 atom stereocenters. The van der Waals surface area contributed by atoms with Crippen LogP contribution < -0.4 is 10.6 Å². The summed E-state index contributed by atoms with van der Waals surface area (Å²) >= 11 is 0. The number of piperidine rings is 1. The molecular weight excluding hydrogens is 202 g/mol. The summed E-state index contributed by atoms with van der Waals surface area (Å²) in [5.74, 6) is 1.20. The third kappa shape index (κ3) is 2.12. The Hall–Kier alpha value is -1.67. The van der Waals surface area contributed by atoms with E-state index in [-0.39, 0.29) is 0 Å². The van der Waals surface area contributed by atoms with Crippen molar-refractivity contribution < 1.29 is 0 Å². The van der Waals surface area contributed by atoms with Crippen molar-refractivity contribution in [1.82, 2.24) is 10.2 Å². The van der Waals surface area contributed by atoms with Gasteiger partial charge in [-0.25, -0.2) is 0 Å². The number of anilines is 1. The fourth-order valence-corrected chi connectivity index (χ4v) is 2.09.